The summed E-state index contributed by atoms with van der Waals surface area (Å²) in [7, 11) is 0. The number of allylic oxidation sites excluding steroid dienone is 1. The number of thioether (sulfide) groups is 1. The quantitative estimate of drug-likeness (QED) is 0.549. The topological polar surface area (TPSA) is 41.7 Å². The van der Waals surface area contributed by atoms with Gasteiger partial charge in [0, 0.05) is 6.42 Å². The van der Waals surface area contributed by atoms with E-state index in [9.17, 15) is 0 Å². The maximum Gasteiger partial charge on any atom is 0.471 e. The third-order valence-electron chi connectivity index (χ3n) is 2.63. The van der Waals surface area contributed by atoms with Crippen LogP contribution in [-0.4, -0.2) is 5.17 Å². The van der Waals surface area contributed by atoms with E-state index in [1.807, 2.05) is 0 Å². The first-order valence-electron chi connectivity index (χ1n) is 4.74. The molecule has 0 bridgehead atoms. The van der Waals surface area contributed by atoms with Gasteiger partial charge >= 0.3 is 5.17 Å². The summed E-state index contributed by atoms with van der Waals surface area (Å²) >= 11 is 1.71. The van der Waals surface area contributed by atoms with Crippen LogP contribution in [0.2, 0.25) is 0 Å². The number of aliphatic imine (C=N–C) groups is 1. The van der Waals surface area contributed by atoms with Gasteiger partial charge in [-0.25, -0.2) is 0 Å². The number of aryl methyl sites for hydroxylation is 1. The molecule has 1 radical (unpaired) electrons. The summed E-state index contributed by atoms with van der Waals surface area (Å²) in [6.45, 7) is 0. The van der Waals surface area contributed by atoms with Gasteiger partial charge in [0.15, 0.2) is 0 Å². The van der Waals surface area contributed by atoms with E-state index in [0.29, 0.717) is 0 Å². The summed E-state index contributed by atoms with van der Waals surface area (Å²) in [5.41, 5.74) is 7.95. The predicted octanol–water partition coefficient (Wildman–Crippen LogP) is -2.01. The zero-order valence-electron chi connectivity index (χ0n) is 8.16. The molecule has 0 saturated heterocycles. The van der Waals surface area contributed by atoms with Gasteiger partial charge in [0.25, 0.3) is 5.70 Å². The Labute approximate surface area is 110 Å². The van der Waals surface area contributed by atoms with Crippen LogP contribution < -0.4 is 34.7 Å². The maximum absolute atomic E-state index is 4.46. The molecule has 3 rings (SSSR count). The molecule has 3 N–H and O–H groups in total. The molecule has 15 heavy (non-hydrogen) atoms. The first kappa shape index (κ1) is 11.2. The van der Waals surface area contributed by atoms with E-state index in [1.54, 1.807) is 11.8 Å². The van der Waals surface area contributed by atoms with Crippen molar-refractivity contribution in [3.05, 3.63) is 41.1 Å². The minimum absolute atomic E-state index is 0. The molecule has 4 heteroatoms. The minimum Gasteiger partial charge on any atom is -1.00 e. The van der Waals surface area contributed by atoms with E-state index in [0.717, 1.165) is 18.0 Å². The van der Waals surface area contributed by atoms with E-state index in [4.69, 9.17) is 0 Å². The van der Waals surface area contributed by atoms with Crippen molar-refractivity contribution < 1.29 is 29.7 Å². The molecule has 1 aromatic carbocycles. The highest BCUT2D eigenvalue weighted by Gasteiger charge is 2.36. The molecular formula is C11H11IN2S+. The average Bonchev–Trinajstić information content (AvgIpc) is 2.59. The molecule has 1 heterocycles. The Morgan fingerprint density at radius 3 is 2.87 bits per heavy atom. The van der Waals surface area contributed by atoms with E-state index in [-0.39, 0.29) is 24.0 Å². The Hall–Kier alpha value is -0.330. The lowest BCUT2D eigenvalue weighted by Gasteiger charge is -2.11. The van der Waals surface area contributed by atoms with Crippen molar-refractivity contribution >= 4 is 21.8 Å². The molecular weight excluding hydrogens is 319 g/mol. The molecule has 1 aliphatic heterocycles. The second-order valence-corrected chi connectivity index (χ2v) is 4.62. The normalized spacial score (nSPS) is 17.8. The summed E-state index contributed by atoms with van der Waals surface area (Å²) in [6, 6.07) is 8.60. The number of amidine groups is 1. The predicted molar refractivity (Wildman–Crippen MR) is 59.3 cm³/mol. The molecule has 1 aromatic rings. The molecule has 0 spiro atoms. The molecule has 0 atom stereocenters. The fourth-order valence-electron chi connectivity index (χ4n) is 1.99. The number of hydrogen-bond donors (Lipinski definition) is 1. The van der Waals surface area contributed by atoms with Gasteiger partial charge in [-0.3, -0.25) is 5.73 Å². The highest BCUT2D eigenvalue weighted by Crippen LogP contribution is 2.39. The second kappa shape index (κ2) is 4.27. The highest BCUT2D eigenvalue weighted by molar-refractivity contribution is 8.21. The molecule has 0 amide bonds. The number of benzene rings is 1. The molecule has 0 fully saturated rings. The first-order valence-corrected chi connectivity index (χ1v) is 5.56. The first-order chi connectivity index (χ1) is 6.84. The van der Waals surface area contributed by atoms with Gasteiger partial charge in [-0.15, -0.1) is 0 Å². The number of quaternary nitrogens is 1. The SMILES string of the molecule is [I-].[NH3+]C1=[N+]C2=C(S1)c1ccccc1CC2. The van der Waals surface area contributed by atoms with E-state index in [2.05, 4.69) is 35.0 Å². The lowest BCUT2D eigenvalue weighted by molar-refractivity contribution is -0.206. The van der Waals surface area contributed by atoms with E-state index < -0.39 is 0 Å². The van der Waals surface area contributed by atoms with Gasteiger partial charge in [0.2, 0.25) is 0 Å². The van der Waals surface area contributed by atoms with Crippen LogP contribution in [0.1, 0.15) is 17.5 Å². The number of fused-ring (bicyclic) bond motifs is 2. The van der Waals surface area contributed by atoms with Crippen molar-refractivity contribution in [1.29, 1.82) is 0 Å². The zero-order valence-corrected chi connectivity index (χ0v) is 11.1. The summed E-state index contributed by atoms with van der Waals surface area (Å²) < 4.78 is 0. The standard InChI is InChI=1S/C11H10N2S.HI/c12-11-13-9-6-5-7-3-1-2-4-8(7)10(9)14-11;/h1-4H,5-6,12H2;1H/q+1;. The molecule has 0 unspecified atom stereocenters. The minimum atomic E-state index is 0. The Bertz CT molecular complexity index is 465. The van der Waals surface area contributed by atoms with Crippen LogP contribution in [-0.2, 0) is 6.42 Å². The lowest BCUT2D eigenvalue weighted by Crippen LogP contribution is -3.00. The summed E-state index contributed by atoms with van der Waals surface area (Å²) in [4.78, 5) is 5.79. The van der Waals surface area contributed by atoms with Gasteiger partial charge < -0.3 is 24.0 Å². The van der Waals surface area contributed by atoms with Crippen LogP contribution in [0.3, 0.4) is 0 Å². The van der Waals surface area contributed by atoms with Gasteiger partial charge in [0.1, 0.15) is 9.90 Å². The third-order valence-corrected chi connectivity index (χ3v) is 3.62. The fraction of sp³-hybridized carbons (Fsp3) is 0.182. The van der Waals surface area contributed by atoms with Crippen LogP contribution in [0.25, 0.3) is 4.91 Å². The Morgan fingerprint density at radius 1 is 1.20 bits per heavy atom. The molecule has 1 aliphatic carbocycles. The summed E-state index contributed by atoms with van der Waals surface area (Å²) in [6.07, 6.45) is 2.19. The van der Waals surface area contributed by atoms with E-state index in [1.165, 1.54) is 21.7 Å². The average molecular weight is 330 g/mol. The number of nitrogens with zero attached hydrogens (tertiary/aromatic N) is 1. The van der Waals surface area contributed by atoms with Gasteiger partial charge in [-0.05, 0) is 17.5 Å². The van der Waals surface area contributed by atoms with Crippen molar-refractivity contribution in [2.45, 2.75) is 12.8 Å². The maximum atomic E-state index is 4.46. The molecule has 0 aromatic heterocycles. The summed E-state index contributed by atoms with van der Waals surface area (Å²) in [5, 5.41) is 0.937. The molecule has 0 saturated carbocycles. The van der Waals surface area contributed by atoms with Crippen molar-refractivity contribution in [2.75, 3.05) is 0 Å². The zero-order chi connectivity index (χ0) is 9.54. The van der Waals surface area contributed by atoms with Crippen LogP contribution >= 0.6 is 11.8 Å². The largest absolute Gasteiger partial charge is 1.00 e. The van der Waals surface area contributed by atoms with Crippen LogP contribution in [0, 0.1) is 0 Å². The Balaban J connectivity index is 0.000000853. The van der Waals surface area contributed by atoms with Crippen molar-refractivity contribution in [1.82, 2.24) is 4.99 Å². The second-order valence-electron chi connectivity index (χ2n) is 3.54. The highest BCUT2D eigenvalue weighted by atomic mass is 127. The van der Waals surface area contributed by atoms with Gasteiger partial charge in [-0.1, -0.05) is 24.3 Å². The number of hydrogen-bond acceptors (Lipinski definition) is 2. The van der Waals surface area contributed by atoms with Crippen molar-refractivity contribution in [3.8, 4) is 0 Å². The van der Waals surface area contributed by atoms with Crippen molar-refractivity contribution in [3.63, 3.8) is 0 Å². The third kappa shape index (κ3) is 1.86. The smallest absolute Gasteiger partial charge is 0.471 e. The summed E-state index contributed by atoms with van der Waals surface area (Å²) in [5.74, 6) is 0. The Morgan fingerprint density at radius 2 is 2.00 bits per heavy atom. The van der Waals surface area contributed by atoms with Crippen LogP contribution in [0.15, 0.2) is 30.0 Å². The molecule has 2 nitrogen and oxygen atoms in total. The van der Waals surface area contributed by atoms with Gasteiger partial charge in [-0.2, -0.15) is 0 Å². The monoisotopic (exact) mass is 330 g/mol. The van der Waals surface area contributed by atoms with Gasteiger partial charge in [0.05, 0.1) is 11.8 Å². The lowest BCUT2D eigenvalue weighted by atomic mass is 9.95. The Kier molecular flexibility index (Phi) is 3.18. The fourth-order valence-corrected chi connectivity index (χ4v) is 2.96. The number of rotatable bonds is 0. The van der Waals surface area contributed by atoms with Crippen LogP contribution in [0.4, 0.5) is 0 Å². The van der Waals surface area contributed by atoms with E-state index >= 15 is 0 Å². The number of halogens is 1. The molecule has 77 valence electrons. The van der Waals surface area contributed by atoms with Crippen molar-refractivity contribution in [2.24, 2.45) is 0 Å². The molecule has 2 aliphatic rings. The van der Waals surface area contributed by atoms with Crippen LogP contribution in [0.5, 0.6) is 0 Å².